The van der Waals surface area contributed by atoms with Gasteiger partial charge in [0.05, 0.1) is 30.3 Å². The molecule has 0 fully saturated rings. The highest BCUT2D eigenvalue weighted by molar-refractivity contribution is 5.90. The molecule has 7 heteroatoms. The molecule has 0 aliphatic rings. The van der Waals surface area contributed by atoms with Crippen molar-refractivity contribution < 1.29 is 19.0 Å². The number of H-pyrrole nitrogens is 1. The number of hydrogen-bond donors (Lipinski definition) is 1. The monoisotopic (exact) mass is 377 g/mol. The largest absolute Gasteiger partial charge is 0.493 e. The molecule has 0 amide bonds. The Morgan fingerprint density at radius 3 is 2.79 bits per heavy atom. The molecule has 142 valence electrons. The Bertz CT molecular complexity index is 1030. The lowest BCUT2D eigenvalue weighted by atomic mass is 10.1. The Morgan fingerprint density at radius 2 is 2.07 bits per heavy atom. The number of ether oxygens (including phenoxy) is 3. The number of fused-ring (bicyclic) bond motifs is 1. The molecular formula is C21H19N3O4. The van der Waals surface area contributed by atoms with Crippen molar-refractivity contribution in [2.45, 2.75) is 6.92 Å². The summed E-state index contributed by atoms with van der Waals surface area (Å²) >= 11 is 0. The summed E-state index contributed by atoms with van der Waals surface area (Å²) in [5.41, 5.74) is 2.77. The minimum atomic E-state index is -0.454. The second-order valence-electron chi connectivity index (χ2n) is 5.78. The Kier molecular flexibility index (Phi) is 5.92. The minimum Gasteiger partial charge on any atom is -0.493 e. The van der Waals surface area contributed by atoms with Crippen LogP contribution in [0.15, 0.2) is 42.5 Å². The molecule has 0 saturated carbocycles. The van der Waals surface area contributed by atoms with Crippen molar-refractivity contribution in [2.75, 3.05) is 20.3 Å². The van der Waals surface area contributed by atoms with Crippen LogP contribution in [0.2, 0.25) is 0 Å². The van der Waals surface area contributed by atoms with Crippen molar-refractivity contribution in [1.29, 1.82) is 5.26 Å². The predicted molar refractivity (Wildman–Crippen MR) is 105 cm³/mol. The van der Waals surface area contributed by atoms with Crippen molar-refractivity contribution >= 4 is 28.7 Å². The first-order chi connectivity index (χ1) is 13.6. The van der Waals surface area contributed by atoms with Crippen LogP contribution in [0.4, 0.5) is 0 Å². The molecule has 0 unspecified atom stereocenters. The van der Waals surface area contributed by atoms with E-state index in [4.69, 9.17) is 14.2 Å². The molecule has 7 nitrogen and oxygen atoms in total. The van der Waals surface area contributed by atoms with Gasteiger partial charge >= 0.3 is 5.97 Å². The van der Waals surface area contributed by atoms with E-state index in [1.807, 2.05) is 24.3 Å². The van der Waals surface area contributed by atoms with Crippen molar-refractivity contribution in [2.24, 2.45) is 0 Å². The normalized spacial score (nSPS) is 11.1. The molecule has 0 aliphatic heterocycles. The molecule has 2 aromatic carbocycles. The van der Waals surface area contributed by atoms with Crippen molar-refractivity contribution in [3.8, 4) is 17.6 Å². The topological polar surface area (TPSA) is 97.2 Å². The standard InChI is InChI=1S/C21H19N3O4/c1-3-27-20(25)13-28-18-9-8-14(11-19(18)26-2)10-15(12-22)21-23-16-6-4-5-7-17(16)24-21/h4-11H,3,13H2,1-2H3,(H,23,24). The van der Waals surface area contributed by atoms with Gasteiger partial charge in [-0.2, -0.15) is 5.26 Å². The zero-order valence-electron chi connectivity index (χ0n) is 15.6. The zero-order chi connectivity index (χ0) is 19.9. The number of carbonyl (C=O) groups is 1. The molecule has 28 heavy (non-hydrogen) atoms. The molecule has 3 aromatic rings. The van der Waals surface area contributed by atoms with Gasteiger partial charge in [-0.3, -0.25) is 0 Å². The second-order valence-corrected chi connectivity index (χ2v) is 5.78. The number of para-hydroxylation sites is 2. The molecule has 0 spiro atoms. The molecule has 1 heterocycles. The average Bonchev–Trinajstić information content (AvgIpc) is 3.15. The highest BCUT2D eigenvalue weighted by Gasteiger charge is 2.11. The smallest absolute Gasteiger partial charge is 0.344 e. The first-order valence-corrected chi connectivity index (χ1v) is 8.68. The number of esters is 1. The van der Waals surface area contributed by atoms with E-state index in [-0.39, 0.29) is 6.61 Å². The van der Waals surface area contributed by atoms with E-state index in [9.17, 15) is 10.1 Å². The first kappa shape index (κ1) is 19.0. The number of methoxy groups -OCH3 is 1. The van der Waals surface area contributed by atoms with Gasteiger partial charge in [-0.15, -0.1) is 0 Å². The van der Waals surface area contributed by atoms with Crippen LogP contribution in [0.25, 0.3) is 22.7 Å². The Balaban J connectivity index is 1.85. The molecular weight excluding hydrogens is 358 g/mol. The summed E-state index contributed by atoms with van der Waals surface area (Å²) < 4.78 is 15.6. The third-order valence-corrected chi connectivity index (χ3v) is 3.91. The van der Waals surface area contributed by atoms with E-state index in [0.29, 0.717) is 29.5 Å². The summed E-state index contributed by atoms with van der Waals surface area (Å²) in [5, 5.41) is 9.56. The van der Waals surface area contributed by atoms with Gasteiger partial charge in [-0.25, -0.2) is 9.78 Å². The van der Waals surface area contributed by atoms with Gasteiger partial charge in [0, 0.05) is 0 Å². The molecule has 0 radical (unpaired) electrons. The summed E-state index contributed by atoms with van der Waals surface area (Å²) in [4.78, 5) is 19.0. The fraction of sp³-hybridized carbons (Fsp3) is 0.190. The summed E-state index contributed by atoms with van der Waals surface area (Å²) in [6.45, 7) is 1.82. The van der Waals surface area contributed by atoms with Crippen LogP contribution in [0.5, 0.6) is 11.5 Å². The number of aromatic amines is 1. The van der Waals surface area contributed by atoms with Crippen LogP contribution >= 0.6 is 0 Å². The van der Waals surface area contributed by atoms with Crippen molar-refractivity contribution in [3.05, 3.63) is 53.9 Å². The number of nitrogens with one attached hydrogen (secondary N) is 1. The maximum Gasteiger partial charge on any atom is 0.344 e. The number of aromatic nitrogens is 2. The minimum absolute atomic E-state index is 0.207. The van der Waals surface area contributed by atoms with E-state index >= 15 is 0 Å². The Morgan fingerprint density at radius 1 is 1.25 bits per heavy atom. The van der Waals surface area contributed by atoms with Gasteiger partial charge in [0.1, 0.15) is 11.9 Å². The van der Waals surface area contributed by atoms with Gasteiger partial charge < -0.3 is 19.2 Å². The van der Waals surface area contributed by atoms with Gasteiger partial charge in [-0.1, -0.05) is 18.2 Å². The predicted octanol–water partition coefficient (Wildman–Crippen LogP) is 3.58. The number of benzene rings is 2. The van der Waals surface area contributed by atoms with Gasteiger partial charge in [-0.05, 0) is 42.8 Å². The third kappa shape index (κ3) is 4.30. The van der Waals surface area contributed by atoms with Gasteiger partial charge in [0.25, 0.3) is 0 Å². The van der Waals surface area contributed by atoms with Crippen LogP contribution in [-0.4, -0.2) is 36.3 Å². The fourth-order valence-electron chi connectivity index (χ4n) is 2.63. The second kappa shape index (κ2) is 8.73. The third-order valence-electron chi connectivity index (χ3n) is 3.91. The van der Waals surface area contributed by atoms with Crippen LogP contribution < -0.4 is 9.47 Å². The fourth-order valence-corrected chi connectivity index (χ4v) is 2.63. The molecule has 0 aliphatic carbocycles. The summed E-state index contributed by atoms with van der Waals surface area (Å²) in [5.74, 6) is 0.894. The maximum atomic E-state index is 11.5. The average molecular weight is 377 g/mol. The summed E-state index contributed by atoms with van der Waals surface area (Å²) in [6, 6.07) is 14.9. The van der Waals surface area contributed by atoms with Gasteiger partial charge in [0.2, 0.25) is 0 Å². The van der Waals surface area contributed by atoms with Crippen LogP contribution in [-0.2, 0) is 9.53 Å². The molecule has 0 saturated heterocycles. The number of allylic oxidation sites excluding steroid dienone is 1. The highest BCUT2D eigenvalue weighted by atomic mass is 16.6. The number of rotatable bonds is 7. The van der Waals surface area contributed by atoms with E-state index < -0.39 is 5.97 Å². The molecule has 1 aromatic heterocycles. The summed E-state index contributed by atoms with van der Waals surface area (Å²) in [6.07, 6.45) is 1.70. The van der Waals surface area contributed by atoms with Crippen LogP contribution in [0.3, 0.4) is 0 Å². The van der Waals surface area contributed by atoms with E-state index in [2.05, 4.69) is 16.0 Å². The number of imidazole rings is 1. The Hall–Kier alpha value is -3.79. The number of carbonyl (C=O) groups excluding carboxylic acids is 1. The lowest BCUT2D eigenvalue weighted by molar-refractivity contribution is -0.145. The maximum absolute atomic E-state index is 11.5. The zero-order valence-corrected chi connectivity index (χ0v) is 15.6. The molecule has 0 bridgehead atoms. The highest BCUT2D eigenvalue weighted by Crippen LogP contribution is 2.30. The Labute approximate surface area is 162 Å². The first-order valence-electron chi connectivity index (χ1n) is 8.68. The van der Waals surface area contributed by atoms with Crippen LogP contribution in [0.1, 0.15) is 18.3 Å². The van der Waals surface area contributed by atoms with Crippen LogP contribution in [0, 0.1) is 11.3 Å². The number of nitrogens with zero attached hydrogens (tertiary/aromatic N) is 2. The number of hydrogen-bond acceptors (Lipinski definition) is 6. The molecule has 0 atom stereocenters. The molecule has 1 N–H and O–H groups in total. The SMILES string of the molecule is CCOC(=O)COc1ccc(C=C(C#N)c2nc3ccccc3[nH]2)cc1OC. The van der Waals surface area contributed by atoms with Crippen molar-refractivity contribution in [1.82, 2.24) is 9.97 Å². The van der Waals surface area contributed by atoms with Gasteiger partial charge in [0.15, 0.2) is 18.1 Å². The number of nitriles is 1. The van der Waals surface area contributed by atoms with E-state index in [1.165, 1.54) is 7.11 Å². The molecule has 3 rings (SSSR count). The van der Waals surface area contributed by atoms with E-state index in [1.54, 1.807) is 31.2 Å². The quantitative estimate of drug-likeness (QED) is 0.499. The van der Waals surface area contributed by atoms with Crippen molar-refractivity contribution in [3.63, 3.8) is 0 Å². The summed E-state index contributed by atoms with van der Waals surface area (Å²) in [7, 11) is 1.50. The van der Waals surface area contributed by atoms with E-state index in [0.717, 1.165) is 16.6 Å². The lowest BCUT2D eigenvalue weighted by Gasteiger charge is -2.11. The lowest BCUT2D eigenvalue weighted by Crippen LogP contribution is -2.14.